The average Bonchev–Trinajstić information content (AvgIpc) is 3.17. The SMILES string of the molecule is Fc1cccc2c1C(CC(F)C13CC4CC(CC(C4)C1)C3)n1cncc1-2. The molecule has 0 spiro atoms. The molecule has 1 aromatic heterocycles. The molecule has 0 radical (unpaired) electrons. The van der Waals surface area contributed by atoms with Crippen LogP contribution in [0.4, 0.5) is 8.78 Å². The highest BCUT2D eigenvalue weighted by atomic mass is 19.1. The van der Waals surface area contributed by atoms with Gasteiger partial charge in [0.05, 0.1) is 24.3 Å². The first-order valence-corrected chi connectivity index (χ1v) is 10.1. The second kappa shape index (κ2) is 5.17. The number of halogens is 2. The van der Waals surface area contributed by atoms with E-state index in [-0.39, 0.29) is 17.3 Å². The van der Waals surface area contributed by atoms with Crippen molar-refractivity contribution in [2.24, 2.45) is 23.2 Å². The van der Waals surface area contributed by atoms with E-state index in [1.54, 1.807) is 18.6 Å². The summed E-state index contributed by atoms with van der Waals surface area (Å²) >= 11 is 0. The van der Waals surface area contributed by atoms with Crippen molar-refractivity contribution in [3.8, 4) is 11.3 Å². The van der Waals surface area contributed by atoms with Gasteiger partial charge in [-0.1, -0.05) is 12.1 Å². The van der Waals surface area contributed by atoms with Crippen molar-refractivity contribution in [1.82, 2.24) is 9.55 Å². The van der Waals surface area contributed by atoms with Gasteiger partial charge in [0, 0.05) is 23.0 Å². The Kier molecular flexibility index (Phi) is 3.06. The minimum absolute atomic E-state index is 0.149. The largest absolute Gasteiger partial charge is 0.323 e. The highest BCUT2D eigenvalue weighted by molar-refractivity contribution is 5.69. The first-order valence-electron chi connectivity index (χ1n) is 10.1. The number of fused-ring (bicyclic) bond motifs is 3. The summed E-state index contributed by atoms with van der Waals surface area (Å²) in [6.45, 7) is 0. The second-order valence-corrected chi connectivity index (χ2v) is 9.39. The lowest BCUT2D eigenvalue weighted by atomic mass is 9.48. The molecule has 4 heteroatoms. The quantitative estimate of drug-likeness (QED) is 0.708. The van der Waals surface area contributed by atoms with Crippen LogP contribution < -0.4 is 0 Å². The van der Waals surface area contributed by atoms with Crippen LogP contribution in [0.5, 0.6) is 0 Å². The first kappa shape index (κ1) is 15.4. The molecule has 0 amide bonds. The van der Waals surface area contributed by atoms with Crippen molar-refractivity contribution in [2.75, 3.05) is 0 Å². The van der Waals surface area contributed by atoms with Gasteiger partial charge in [-0.25, -0.2) is 13.8 Å². The predicted octanol–water partition coefficient (Wildman–Crippen LogP) is 5.54. The van der Waals surface area contributed by atoms with Gasteiger partial charge in [-0.2, -0.15) is 0 Å². The summed E-state index contributed by atoms with van der Waals surface area (Å²) in [7, 11) is 0. The Morgan fingerprint density at radius 3 is 2.50 bits per heavy atom. The molecule has 1 aromatic carbocycles. The van der Waals surface area contributed by atoms with Crippen molar-refractivity contribution >= 4 is 0 Å². The van der Waals surface area contributed by atoms with Crippen LogP contribution in [0.25, 0.3) is 11.3 Å². The van der Waals surface area contributed by atoms with E-state index in [1.807, 2.05) is 10.6 Å². The van der Waals surface area contributed by atoms with E-state index in [2.05, 4.69) is 4.98 Å². The zero-order valence-electron chi connectivity index (χ0n) is 14.9. The van der Waals surface area contributed by atoms with Gasteiger partial charge in [-0.3, -0.25) is 0 Å². The zero-order chi connectivity index (χ0) is 17.5. The standard InChI is InChI=1S/C22H24F2N2/c23-17-3-1-2-16-19-11-25-12-26(19)18(21(16)17)7-20(24)22-8-13-4-14(9-22)6-15(5-13)10-22/h1-3,11-15,18,20H,4-10H2. The molecule has 2 heterocycles. The monoisotopic (exact) mass is 354 g/mol. The molecule has 4 bridgehead atoms. The van der Waals surface area contributed by atoms with Gasteiger partial charge in [0.25, 0.3) is 0 Å². The van der Waals surface area contributed by atoms with Crippen LogP contribution in [0, 0.1) is 29.0 Å². The second-order valence-electron chi connectivity index (χ2n) is 9.39. The summed E-state index contributed by atoms with van der Waals surface area (Å²) in [6.07, 6.45) is 10.1. The molecule has 26 heavy (non-hydrogen) atoms. The van der Waals surface area contributed by atoms with Crippen LogP contribution in [0.15, 0.2) is 30.7 Å². The predicted molar refractivity (Wildman–Crippen MR) is 95.9 cm³/mol. The summed E-state index contributed by atoms with van der Waals surface area (Å²) in [5.74, 6) is 1.98. The van der Waals surface area contributed by atoms with Crippen LogP contribution in [0.2, 0.25) is 0 Å². The summed E-state index contributed by atoms with van der Waals surface area (Å²) in [6, 6.07) is 4.92. The lowest BCUT2D eigenvalue weighted by molar-refractivity contribution is -0.0987. The normalized spacial score (nSPS) is 37.6. The molecule has 4 aliphatic carbocycles. The van der Waals surface area contributed by atoms with E-state index in [1.165, 1.54) is 25.3 Å². The number of hydrogen-bond acceptors (Lipinski definition) is 1. The van der Waals surface area contributed by atoms with Crippen LogP contribution in [0.1, 0.15) is 56.6 Å². The van der Waals surface area contributed by atoms with Gasteiger partial charge >= 0.3 is 0 Å². The number of alkyl halides is 1. The highest BCUT2D eigenvalue weighted by Gasteiger charge is 2.55. The third kappa shape index (κ3) is 1.99. The summed E-state index contributed by atoms with van der Waals surface area (Å²) in [5, 5.41) is 0. The van der Waals surface area contributed by atoms with Crippen molar-refractivity contribution in [3.05, 3.63) is 42.1 Å². The molecule has 7 rings (SSSR count). The van der Waals surface area contributed by atoms with E-state index in [0.29, 0.717) is 12.0 Å². The lowest BCUT2D eigenvalue weighted by Crippen LogP contribution is -2.50. The Morgan fingerprint density at radius 2 is 1.81 bits per heavy atom. The Morgan fingerprint density at radius 1 is 1.12 bits per heavy atom. The summed E-state index contributed by atoms with van der Waals surface area (Å²) < 4.78 is 32.5. The van der Waals surface area contributed by atoms with Gasteiger partial charge in [0.2, 0.25) is 0 Å². The Balaban J connectivity index is 1.35. The van der Waals surface area contributed by atoms with E-state index in [9.17, 15) is 4.39 Å². The third-order valence-electron chi connectivity index (χ3n) is 7.84. The molecule has 0 saturated heterocycles. The molecule has 2 unspecified atom stereocenters. The molecule has 5 aliphatic rings. The number of aromatic nitrogens is 2. The maximum Gasteiger partial charge on any atom is 0.129 e. The van der Waals surface area contributed by atoms with E-state index < -0.39 is 6.17 Å². The Bertz CT molecular complexity index is 835. The molecule has 2 nitrogen and oxygen atoms in total. The van der Waals surface area contributed by atoms with Crippen LogP contribution in [-0.4, -0.2) is 15.7 Å². The fourth-order valence-electron chi connectivity index (χ4n) is 7.24. The smallest absolute Gasteiger partial charge is 0.129 e. The number of imidazole rings is 1. The maximum atomic E-state index is 15.9. The maximum absolute atomic E-state index is 15.9. The zero-order valence-corrected chi connectivity index (χ0v) is 14.9. The molecule has 0 N–H and O–H groups in total. The number of nitrogens with zero attached hydrogens (tertiary/aromatic N) is 2. The average molecular weight is 354 g/mol. The molecule has 2 atom stereocenters. The third-order valence-corrected chi connectivity index (χ3v) is 7.84. The van der Waals surface area contributed by atoms with Crippen molar-refractivity contribution in [3.63, 3.8) is 0 Å². The fraction of sp³-hybridized carbons (Fsp3) is 0.591. The Hall–Kier alpha value is -1.71. The van der Waals surface area contributed by atoms with Gasteiger partial charge in [0.15, 0.2) is 0 Å². The van der Waals surface area contributed by atoms with Crippen molar-refractivity contribution < 1.29 is 8.78 Å². The van der Waals surface area contributed by atoms with Crippen LogP contribution >= 0.6 is 0 Å². The number of hydrogen-bond donors (Lipinski definition) is 0. The lowest BCUT2D eigenvalue weighted by Gasteiger charge is -2.58. The van der Waals surface area contributed by atoms with Gasteiger partial charge in [-0.15, -0.1) is 0 Å². The van der Waals surface area contributed by atoms with Crippen LogP contribution in [-0.2, 0) is 0 Å². The number of benzene rings is 1. The summed E-state index contributed by atoms with van der Waals surface area (Å²) in [4.78, 5) is 4.24. The van der Waals surface area contributed by atoms with Gasteiger partial charge in [0.1, 0.15) is 12.0 Å². The first-order chi connectivity index (χ1) is 12.6. The molecule has 2 aromatic rings. The van der Waals surface area contributed by atoms with E-state index in [0.717, 1.165) is 48.3 Å². The van der Waals surface area contributed by atoms with E-state index >= 15 is 4.39 Å². The highest BCUT2D eigenvalue weighted by Crippen LogP contribution is 2.63. The Labute approximate surface area is 152 Å². The number of rotatable bonds is 3. The summed E-state index contributed by atoms with van der Waals surface area (Å²) in [5.41, 5.74) is 2.31. The molecular formula is C22H24F2N2. The van der Waals surface area contributed by atoms with Crippen molar-refractivity contribution in [1.29, 1.82) is 0 Å². The molecule has 4 saturated carbocycles. The van der Waals surface area contributed by atoms with E-state index in [4.69, 9.17) is 0 Å². The molecular weight excluding hydrogens is 330 g/mol. The topological polar surface area (TPSA) is 17.8 Å². The fourth-order valence-corrected chi connectivity index (χ4v) is 7.24. The minimum Gasteiger partial charge on any atom is -0.323 e. The molecule has 1 aliphatic heterocycles. The van der Waals surface area contributed by atoms with Crippen LogP contribution in [0.3, 0.4) is 0 Å². The molecule has 4 fully saturated rings. The van der Waals surface area contributed by atoms with Gasteiger partial charge < -0.3 is 4.57 Å². The minimum atomic E-state index is -0.860. The molecule has 136 valence electrons. The van der Waals surface area contributed by atoms with Crippen molar-refractivity contribution in [2.45, 2.75) is 57.2 Å². The van der Waals surface area contributed by atoms with Gasteiger partial charge in [-0.05, 0) is 62.3 Å².